The Bertz CT molecular complexity index is 589. The molecule has 7 atom stereocenters. The van der Waals surface area contributed by atoms with Crippen molar-refractivity contribution in [2.75, 3.05) is 0 Å². The van der Waals surface area contributed by atoms with Crippen LogP contribution in [0.25, 0.3) is 0 Å². The van der Waals surface area contributed by atoms with E-state index in [4.69, 9.17) is 8.85 Å². The molecule has 0 aromatic carbocycles. The zero-order valence-electron chi connectivity index (χ0n) is 25.2. The predicted molar refractivity (Wildman–Crippen MR) is 152 cm³/mol. The quantitative estimate of drug-likeness (QED) is 0.211. The number of hydrogen-bond acceptors (Lipinski definition) is 4. The highest BCUT2D eigenvalue weighted by molar-refractivity contribution is 6.74. The number of aliphatic hydroxyl groups is 1. The molecule has 204 valence electrons. The second-order valence-corrected chi connectivity index (χ2v) is 21.8. The topological polar surface area (TPSA) is 55.8 Å². The third-order valence-electron chi connectivity index (χ3n) is 9.21. The van der Waals surface area contributed by atoms with Gasteiger partial charge in [-0.1, -0.05) is 89.5 Å². The van der Waals surface area contributed by atoms with Crippen LogP contribution in [0.2, 0.25) is 36.3 Å². The molecular weight excluding hydrogens is 456 g/mol. The van der Waals surface area contributed by atoms with Crippen LogP contribution in [0.15, 0.2) is 0 Å². The molecule has 34 heavy (non-hydrogen) atoms. The maximum absolute atomic E-state index is 13.7. The van der Waals surface area contributed by atoms with E-state index in [1.165, 1.54) is 0 Å². The van der Waals surface area contributed by atoms with Gasteiger partial charge in [-0.15, -0.1) is 0 Å². The lowest BCUT2D eigenvalue weighted by molar-refractivity contribution is -0.135. The molecule has 0 heterocycles. The van der Waals surface area contributed by atoms with Crippen LogP contribution in [0, 0.1) is 23.7 Å². The molecular formula is C28H60O4Si2. The van der Waals surface area contributed by atoms with Crippen molar-refractivity contribution < 1.29 is 18.8 Å². The Morgan fingerprint density at radius 2 is 1.29 bits per heavy atom. The van der Waals surface area contributed by atoms with E-state index >= 15 is 0 Å². The van der Waals surface area contributed by atoms with Crippen LogP contribution < -0.4 is 0 Å². The Kier molecular flexibility index (Phi) is 14.1. The molecule has 0 amide bonds. The number of rotatable bonds is 16. The second kappa shape index (κ2) is 14.1. The normalized spacial score (nSPS) is 19.7. The number of ketones is 1. The first-order valence-corrected chi connectivity index (χ1v) is 19.5. The van der Waals surface area contributed by atoms with Crippen LogP contribution in [-0.2, 0) is 13.6 Å². The highest BCUT2D eigenvalue weighted by atomic mass is 28.4. The van der Waals surface area contributed by atoms with Crippen molar-refractivity contribution in [3.8, 4) is 0 Å². The number of carbonyl (C=O) groups is 1. The predicted octanol–water partition coefficient (Wildman–Crippen LogP) is 8.06. The van der Waals surface area contributed by atoms with Crippen LogP contribution in [0.4, 0.5) is 0 Å². The van der Waals surface area contributed by atoms with Gasteiger partial charge in [-0.25, -0.2) is 0 Å². The van der Waals surface area contributed by atoms with Crippen molar-refractivity contribution in [1.29, 1.82) is 0 Å². The van der Waals surface area contributed by atoms with E-state index in [-0.39, 0.29) is 34.9 Å². The van der Waals surface area contributed by atoms with E-state index in [1.807, 2.05) is 20.8 Å². The zero-order valence-corrected chi connectivity index (χ0v) is 27.2. The van der Waals surface area contributed by atoms with Crippen molar-refractivity contribution in [2.24, 2.45) is 23.7 Å². The van der Waals surface area contributed by atoms with Crippen molar-refractivity contribution in [2.45, 2.75) is 151 Å². The summed E-state index contributed by atoms with van der Waals surface area (Å²) in [5.74, 6) is -0.355. The fourth-order valence-corrected chi connectivity index (χ4v) is 9.28. The average Bonchev–Trinajstić information content (AvgIpc) is 2.80. The minimum atomic E-state index is -1.97. The summed E-state index contributed by atoms with van der Waals surface area (Å²) in [4.78, 5) is 13.7. The molecule has 0 fully saturated rings. The fraction of sp³-hybridized carbons (Fsp3) is 0.964. The summed E-state index contributed by atoms with van der Waals surface area (Å²) in [6.45, 7) is 30.4. The third kappa shape index (κ3) is 8.53. The van der Waals surface area contributed by atoms with Gasteiger partial charge in [0, 0.05) is 23.9 Å². The Morgan fingerprint density at radius 3 is 1.65 bits per heavy atom. The maximum Gasteiger partial charge on any atom is 0.192 e. The highest BCUT2D eigenvalue weighted by Crippen LogP contribution is 2.39. The molecule has 4 nitrogen and oxygen atoms in total. The summed E-state index contributed by atoms with van der Waals surface area (Å²) < 4.78 is 13.6. The summed E-state index contributed by atoms with van der Waals surface area (Å²) in [6.07, 6.45) is 0.947. The first kappa shape index (κ1) is 34.0. The molecule has 0 rings (SSSR count). The van der Waals surface area contributed by atoms with Gasteiger partial charge >= 0.3 is 0 Å². The summed E-state index contributed by atoms with van der Waals surface area (Å²) in [5.41, 5.74) is 0. The average molecular weight is 517 g/mol. The number of Topliss-reactive ketones (excluding diaryl/α,β-unsaturated/α-hetero) is 1. The number of aliphatic hydroxyl groups excluding tert-OH is 1. The zero-order chi connectivity index (χ0) is 27.1. The number of hydrogen-bond donors (Lipinski definition) is 1. The van der Waals surface area contributed by atoms with E-state index in [9.17, 15) is 9.90 Å². The van der Waals surface area contributed by atoms with E-state index in [1.54, 1.807) is 0 Å². The molecule has 0 aliphatic carbocycles. The largest absolute Gasteiger partial charge is 0.414 e. The molecule has 0 bridgehead atoms. The molecule has 0 aliphatic rings. The lowest BCUT2D eigenvalue weighted by atomic mass is 9.79. The molecule has 1 N–H and O–H groups in total. The molecule has 0 aromatic rings. The lowest BCUT2D eigenvalue weighted by Crippen LogP contribution is -2.50. The van der Waals surface area contributed by atoms with Gasteiger partial charge in [0.1, 0.15) is 5.78 Å². The number of carbonyl (C=O) groups excluding carboxylic acids is 1. The van der Waals surface area contributed by atoms with Crippen LogP contribution >= 0.6 is 0 Å². The summed E-state index contributed by atoms with van der Waals surface area (Å²) in [7, 11) is -3.82. The smallest absolute Gasteiger partial charge is 0.192 e. The molecule has 0 aromatic heterocycles. The molecule has 0 saturated carbocycles. The Labute approximate surface area is 215 Å². The lowest BCUT2D eigenvalue weighted by Gasteiger charge is -2.42. The van der Waals surface area contributed by atoms with Gasteiger partial charge in [0.05, 0.1) is 12.2 Å². The van der Waals surface area contributed by atoms with E-state index in [0.717, 1.165) is 31.0 Å². The summed E-state index contributed by atoms with van der Waals surface area (Å²) >= 11 is 0. The van der Waals surface area contributed by atoms with Gasteiger partial charge in [0.25, 0.3) is 0 Å². The van der Waals surface area contributed by atoms with Crippen LogP contribution in [0.5, 0.6) is 0 Å². The van der Waals surface area contributed by atoms with Crippen molar-refractivity contribution in [3.63, 3.8) is 0 Å². The SMILES string of the molecule is CC[C@H](C)[C@@H](O[Si](CC)(CC)CC)[C@@H](C)C(=O)C(C)C(O)[C@H](C)[C@@H](CC)O[Si](C)(C)C(C)(C)C. The van der Waals surface area contributed by atoms with E-state index < -0.39 is 28.7 Å². The van der Waals surface area contributed by atoms with Gasteiger partial charge < -0.3 is 14.0 Å². The van der Waals surface area contributed by atoms with Crippen molar-refractivity contribution in [3.05, 3.63) is 0 Å². The molecule has 0 aliphatic heterocycles. The monoisotopic (exact) mass is 516 g/mol. The minimum absolute atomic E-state index is 0.0524. The van der Waals surface area contributed by atoms with Gasteiger partial charge in [0.2, 0.25) is 0 Å². The standard InChI is InChI=1S/C28H60O4Si2/c1-15-20(6)27(32-34(17-3,18-4)19-5)23(9)26(30)22(8)25(29)21(7)24(16-2)31-33(13,14)28(10,11)12/h20-25,27,29H,15-19H2,1-14H3/t20-,21+,22?,23-,24+,25?,27+/m0/s1. The minimum Gasteiger partial charge on any atom is -0.414 e. The second-order valence-electron chi connectivity index (χ2n) is 12.4. The molecule has 0 saturated heterocycles. The van der Waals surface area contributed by atoms with Crippen molar-refractivity contribution in [1.82, 2.24) is 0 Å². The van der Waals surface area contributed by atoms with E-state index in [2.05, 4.69) is 75.4 Å². The third-order valence-corrected chi connectivity index (χ3v) is 18.3. The summed E-state index contributed by atoms with van der Waals surface area (Å²) in [6, 6.07) is 3.23. The van der Waals surface area contributed by atoms with E-state index in [0.29, 0.717) is 5.92 Å². The van der Waals surface area contributed by atoms with Gasteiger partial charge in [-0.05, 0) is 48.6 Å². The first-order valence-electron chi connectivity index (χ1n) is 14.1. The Hall–Kier alpha value is -0.0162. The van der Waals surface area contributed by atoms with Gasteiger partial charge in [-0.3, -0.25) is 4.79 Å². The molecule has 0 radical (unpaired) electrons. The Morgan fingerprint density at radius 1 is 0.824 bits per heavy atom. The summed E-state index contributed by atoms with van der Waals surface area (Å²) in [5, 5.41) is 11.4. The molecule has 0 spiro atoms. The maximum atomic E-state index is 13.7. The van der Waals surface area contributed by atoms with Crippen molar-refractivity contribution >= 4 is 22.4 Å². The highest BCUT2D eigenvalue weighted by Gasteiger charge is 2.43. The Balaban J connectivity index is 5.72. The molecule has 6 heteroatoms. The van der Waals surface area contributed by atoms with Gasteiger partial charge in [0.15, 0.2) is 16.6 Å². The van der Waals surface area contributed by atoms with Crippen LogP contribution in [-0.4, -0.2) is 45.8 Å². The van der Waals surface area contributed by atoms with Crippen LogP contribution in [0.1, 0.15) is 95.9 Å². The van der Waals surface area contributed by atoms with Gasteiger partial charge in [-0.2, -0.15) is 0 Å². The fourth-order valence-electron chi connectivity index (χ4n) is 4.77. The molecule has 2 unspecified atom stereocenters. The first-order chi connectivity index (χ1) is 15.5. The van der Waals surface area contributed by atoms with Crippen LogP contribution in [0.3, 0.4) is 0 Å².